The average Bonchev–Trinajstić information content (AvgIpc) is 2.24. The Balaban J connectivity index is 3.07. The van der Waals surface area contributed by atoms with E-state index in [-0.39, 0.29) is 10.8 Å². The second kappa shape index (κ2) is 5.02. The van der Waals surface area contributed by atoms with Crippen molar-refractivity contribution in [2.45, 2.75) is 53.8 Å². The van der Waals surface area contributed by atoms with Gasteiger partial charge >= 0.3 is 0 Å². The third-order valence-corrected chi connectivity index (χ3v) is 3.18. The van der Waals surface area contributed by atoms with Crippen LogP contribution in [0.3, 0.4) is 0 Å². The largest absolute Gasteiger partial charge is 0.388 e. The van der Waals surface area contributed by atoms with E-state index in [0.29, 0.717) is 0 Å². The van der Waals surface area contributed by atoms with Crippen LogP contribution >= 0.6 is 0 Å². The molecule has 0 radical (unpaired) electrons. The van der Waals surface area contributed by atoms with Gasteiger partial charge in [0.1, 0.15) is 0 Å². The van der Waals surface area contributed by atoms with Gasteiger partial charge in [-0.15, -0.1) is 0 Å². The summed E-state index contributed by atoms with van der Waals surface area (Å²) in [5, 5.41) is 20.6. The van der Waals surface area contributed by atoms with Crippen molar-refractivity contribution >= 4 is 0 Å². The Morgan fingerprint density at radius 3 is 1.39 bits per heavy atom. The maximum Gasteiger partial charge on any atom is 0.0838 e. The second-order valence-corrected chi connectivity index (χ2v) is 7.21. The molecule has 0 spiro atoms. The van der Waals surface area contributed by atoms with Crippen molar-refractivity contribution in [3.63, 3.8) is 0 Å². The summed E-state index contributed by atoms with van der Waals surface area (Å²) in [7, 11) is 0. The molecular weight excluding hydrogens is 224 g/mol. The summed E-state index contributed by atoms with van der Waals surface area (Å²) in [6.45, 7) is 12.0. The van der Waals surface area contributed by atoms with Crippen LogP contribution in [0, 0.1) is 10.8 Å². The first kappa shape index (κ1) is 15.2. The van der Waals surface area contributed by atoms with Crippen molar-refractivity contribution in [1.29, 1.82) is 0 Å². The molecule has 102 valence electrons. The Morgan fingerprint density at radius 1 is 0.778 bits per heavy atom. The fourth-order valence-corrected chi connectivity index (χ4v) is 1.90. The zero-order chi connectivity index (χ0) is 14.1. The highest BCUT2D eigenvalue weighted by Gasteiger charge is 2.27. The summed E-state index contributed by atoms with van der Waals surface area (Å²) in [5.41, 5.74) is 1.32. The van der Waals surface area contributed by atoms with Crippen LogP contribution < -0.4 is 0 Å². The molecule has 0 aliphatic heterocycles. The van der Waals surface area contributed by atoms with E-state index in [1.165, 1.54) is 0 Å². The van der Waals surface area contributed by atoms with Gasteiger partial charge < -0.3 is 10.2 Å². The molecule has 2 nitrogen and oxygen atoms in total. The van der Waals surface area contributed by atoms with Crippen LogP contribution in [0.25, 0.3) is 0 Å². The van der Waals surface area contributed by atoms with E-state index in [4.69, 9.17) is 0 Å². The lowest BCUT2D eigenvalue weighted by Gasteiger charge is -2.29. The van der Waals surface area contributed by atoms with Gasteiger partial charge in [0.05, 0.1) is 12.2 Å². The SMILES string of the molecule is CC(C)(C)[C@@H](O)c1cccc([C@H](O)C(C)(C)C)c1. The van der Waals surface area contributed by atoms with Crippen molar-refractivity contribution in [1.82, 2.24) is 0 Å². The summed E-state index contributed by atoms with van der Waals surface area (Å²) >= 11 is 0. The lowest BCUT2D eigenvalue weighted by Crippen LogP contribution is -2.20. The van der Waals surface area contributed by atoms with Crippen LogP contribution in [0.15, 0.2) is 24.3 Å². The van der Waals surface area contributed by atoms with Crippen molar-refractivity contribution < 1.29 is 10.2 Å². The Morgan fingerprint density at radius 2 is 1.11 bits per heavy atom. The van der Waals surface area contributed by atoms with E-state index in [9.17, 15) is 10.2 Å². The van der Waals surface area contributed by atoms with Crippen LogP contribution in [-0.4, -0.2) is 10.2 Å². The molecule has 0 aliphatic carbocycles. The first-order valence-electron chi connectivity index (χ1n) is 6.49. The Labute approximate surface area is 111 Å². The number of benzene rings is 1. The number of rotatable bonds is 2. The molecule has 1 rings (SSSR count). The zero-order valence-electron chi connectivity index (χ0n) is 12.4. The molecule has 0 heterocycles. The van der Waals surface area contributed by atoms with Crippen LogP contribution in [-0.2, 0) is 0 Å². The standard InChI is InChI=1S/C16H26O2/c1-15(2,3)13(17)11-8-7-9-12(10-11)14(18)16(4,5)6/h7-10,13-14,17-18H,1-6H3/t13-,14-/m0/s1. The van der Waals surface area contributed by atoms with Gasteiger partial charge in [0.15, 0.2) is 0 Å². The lowest BCUT2D eigenvalue weighted by molar-refractivity contribution is 0.0568. The molecule has 0 unspecified atom stereocenters. The minimum Gasteiger partial charge on any atom is -0.388 e. The van der Waals surface area contributed by atoms with Gasteiger partial charge in [0, 0.05) is 0 Å². The van der Waals surface area contributed by atoms with E-state index in [0.717, 1.165) is 11.1 Å². The van der Waals surface area contributed by atoms with Crippen LogP contribution in [0.4, 0.5) is 0 Å². The monoisotopic (exact) mass is 250 g/mol. The van der Waals surface area contributed by atoms with Crippen molar-refractivity contribution in [2.75, 3.05) is 0 Å². The highest BCUT2D eigenvalue weighted by Crippen LogP contribution is 2.36. The van der Waals surface area contributed by atoms with E-state index < -0.39 is 12.2 Å². The summed E-state index contributed by atoms with van der Waals surface area (Å²) in [6, 6.07) is 7.63. The van der Waals surface area contributed by atoms with Crippen LogP contribution in [0.5, 0.6) is 0 Å². The molecule has 1 aromatic rings. The average molecular weight is 250 g/mol. The molecule has 18 heavy (non-hydrogen) atoms. The molecule has 2 N–H and O–H groups in total. The molecule has 0 fully saturated rings. The first-order chi connectivity index (χ1) is 8.03. The number of aliphatic hydroxyl groups excluding tert-OH is 2. The van der Waals surface area contributed by atoms with Gasteiger partial charge in [-0.3, -0.25) is 0 Å². The third kappa shape index (κ3) is 3.56. The molecule has 2 heteroatoms. The highest BCUT2D eigenvalue weighted by atomic mass is 16.3. The summed E-state index contributed by atoms with van der Waals surface area (Å²) < 4.78 is 0. The van der Waals surface area contributed by atoms with Gasteiger partial charge in [0.25, 0.3) is 0 Å². The Bertz CT molecular complexity index is 361. The van der Waals surface area contributed by atoms with E-state index in [2.05, 4.69) is 0 Å². The van der Waals surface area contributed by atoms with Crippen molar-refractivity contribution in [3.05, 3.63) is 35.4 Å². The Hall–Kier alpha value is -0.860. The molecule has 0 amide bonds. The molecule has 0 saturated carbocycles. The molecule has 1 aromatic carbocycles. The van der Waals surface area contributed by atoms with Gasteiger partial charge in [-0.05, 0) is 22.0 Å². The van der Waals surface area contributed by atoms with Gasteiger partial charge in [0.2, 0.25) is 0 Å². The summed E-state index contributed by atoms with van der Waals surface area (Å²) in [6.07, 6.45) is -1.05. The molecule has 0 saturated heterocycles. The molecule has 0 aliphatic rings. The third-order valence-electron chi connectivity index (χ3n) is 3.18. The molecule has 0 bridgehead atoms. The number of aliphatic hydroxyl groups is 2. The lowest BCUT2D eigenvalue weighted by atomic mass is 9.81. The van der Waals surface area contributed by atoms with E-state index in [1.54, 1.807) is 0 Å². The van der Waals surface area contributed by atoms with Crippen molar-refractivity contribution in [2.24, 2.45) is 10.8 Å². The summed E-state index contributed by atoms with van der Waals surface area (Å²) in [4.78, 5) is 0. The predicted molar refractivity (Wildman–Crippen MR) is 75.3 cm³/mol. The minimum atomic E-state index is -0.524. The number of hydrogen-bond acceptors (Lipinski definition) is 2. The van der Waals surface area contributed by atoms with Gasteiger partial charge in [-0.2, -0.15) is 0 Å². The molecule has 0 aromatic heterocycles. The van der Waals surface area contributed by atoms with Gasteiger partial charge in [-0.25, -0.2) is 0 Å². The smallest absolute Gasteiger partial charge is 0.0838 e. The molecule has 2 atom stereocenters. The highest BCUT2D eigenvalue weighted by molar-refractivity contribution is 5.28. The quantitative estimate of drug-likeness (QED) is 0.837. The minimum absolute atomic E-state index is 0.203. The zero-order valence-corrected chi connectivity index (χ0v) is 12.4. The normalized spacial score (nSPS) is 16.4. The van der Waals surface area contributed by atoms with Crippen LogP contribution in [0.1, 0.15) is 64.9 Å². The summed E-state index contributed by atoms with van der Waals surface area (Å²) in [5.74, 6) is 0. The fourth-order valence-electron chi connectivity index (χ4n) is 1.90. The second-order valence-electron chi connectivity index (χ2n) is 7.21. The Kier molecular flexibility index (Phi) is 4.24. The first-order valence-corrected chi connectivity index (χ1v) is 6.49. The van der Waals surface area contributed by atoms with Gasteiger partial charge in [-0.1, -0.05) is 65.8 Å². The maximum absolute atomic E-state index is 10.3. The number of hydrogen-bond donors (Lipinski definition) is 2. The van der Waals surface area contributed by atoms with E-state index >= 15 is 0 Å². The maximum atomic E-state index is 10.3. The predicted octanol–water partition coefficient (Wildman–Crippen LogP) is 3.85. The van der Waals surface area contributed by atoms with Crippen LogP contribution in [0.2, 0.25) is 0 Å². The van der Waals surface area contributed by atoms with E-state index in [1.807, 2.05) is 65.8 Å². The fraction of sp³-hybridized carbons (Fsp3) is 0.625. The van der Waals surface area contributed by atoms with Crippen molar-refractivity contribution in [3.8, 4) is 0 Å². The molecular formula is C16H26O2. The topological polar surface area (TPSA) is 40.5 Å².